The molecule has 0 saturated heterocycles. The fourth-order valence-electron chi connectivity index (χ4n) is 2.26. The van der Waals surface area contributed by atoms with E-state index in [-0.39, 0.29) is 6.04 Å². The van der Waals surface area contributed by atoms with Crippen molar-refractivity contribution in [2.24, 2.45) is 7.05 Å². The lowest BCUT2D eigenvalue weighted by Crippen LogP contribution is -2.19. The summed E-state index contributed by atoms with van der Waals surface area (Å²) in [6.07, 6.45) is 1.96. The first-order valence-electron chi connectivity index (χ1n) is 5.78. The van der Waals surface area contributed by atoms with Crippen LogP contribution in [0.1, 0.15) is 34.4 Å². The molecule has 0 saturated carbocycles. The van der Waals surface area contributed by atoms with E-state index in [1.165, 1.54) is 11.1 Å². The Morgan fingerprint density at radius 2 is 2.00 bits per heavy atom. The third-order valence-electron chi connectivity index (χ3n) is 3.22. The van der Waals surface area contributed by atoms with Crippen LogP contribution in [0.15, 0.2) is 16.7 Å². The molecule has 4 heteroatoms. The molecule has 0 radical (unpaired) electrons. The molecule has 2 heterocycles. The Labute approximate surface area is 102 Å². The molecule has 0 aliphatic carbocycles. The number of aryl methyl sites for hydroxylation is 3. The van der Waals surface area contributed by atoms with E-state index >= 15 is 0 Å². The summed E-state index contributed by atoms with van der Waals surface area (Å²) in [7, 11) is 3.87. The fraction of sp³-hybridized carbons (Fsp3) is 0.462. The van der Waals surface area contributed by atoms with Gasteiger partial charge in [0.05, 0.1) is 11.7 Å². The average Bonchev–Trinajstić information content (AvgIpc) is 2.79. The zero-order valence-electron chi connectivity index (χ0n) is 11.0. The van der Waals surface area contributed by atoms with Crippen molar-refractivity contribution in [1.29, 1.82) is 0 Å². The molecule has 0 aliphatic rings. The molecule has 0 amide bonds. The number of furan rings is 1. The van der Waals surface area contributed by atoms with Gasteiger partial charge in [-0.05, 0) is 39.4 Å². The minimum atomic E-state index is 0.0913. The summed E-state index contributed by atoms with van der Waals surface area (Å²) in [4.78, 5) is 0. The molecule has 0 fully saturated rings. The van der Waals surface area contributed by atoms with Gasteiger partial charge >= 0.3 is 0 Å². The highest BCUT2D eigenvalue weighted by Gasteiger charge is 2.22. The predicted molar refractivity (Wildman–Crippen MR) is 67.0 cm³/mol. The second-order valence-corrected chi connectivity index (χ2v) is 4.39. The Bertz CT molecular complexity index is 525. The van der Waals surface area contributed by atoms with Gasteiger partial charge < -0.3 is 9.73 Å². The maximum absolute atomic E-state index is 5.68. The zero-order valence-corrected chi connectivity index (χ0v) is 11.0. The van der Waals surface area contributed by atoms with Crippen molar-refractivity contribution in [1.82, 2.24) is 15.1 Å². The van der Waals surface area contributed by atoms with Crippen molar-refractivity contribution < 1.29 is 4.42 Å². The molecule has 0 aliphatic heterocycles. The van der Waals surface area contributed by atoms with Crippen LogP contribution in [0.2, 0.25) is 0 Å². The molecule has 0 bridgehead atoms. The monoisotopic (exact) mass is 233 g/mol. The standard InChI is InChI=1S/C13H19N3O/c1-8-9(2)17-10(3)12(8)13(14-4)11-6-7-16(5)15-11/h6-7,13-14H,1-5H3. The number of nitrogens with zero attached hydrogens (tertiary/aromatic N) is 2. The van der Waals surface area contributed by atoms with Gasteiger partial charge in [0.2, 0.25) is 0 Å². The third-order valence-corrected chi connectivity index (χ3v) is 3.22. The highest BCUT2D eigenvalue weighted by atomic mass is 16.3. The summed E-state index contributed by atoms with van der Waals surface area (Å²) >= 11 is 0. The maximum Gasteiger partial charge on any atom is 0.106 e. The van der Waals surface area contributed by atoms with Crippen LogP contribution in [0.3, 0.4) is 0 Å². The molecule has 0 aromatic carbocycles. The molecule has 4 nitrogen and oxygen atoms in total. The summed E-state index contributed by atoms with van der Waals surface area (Å²) in [6.45, 7) is 6.09. The van der Waals surface area contributed by atoms with Gasteiger partial charge in [-0.1, -0.05) is 0 Å². The number of rotatable bonds is 3. The highest BCUT2D eigenvalue weighted by molar-refractivity contribution is 5.38. The van der Waals surface area contributed by atoms with Crippen molar-refractivity contribution in [3.8, 4) is 0 Å². The van der Waals surface area contributed by atoms with Crippen LogP contribution >= 0.6 is 0 Å². The molecule has 1 N–H and O–H groups in total. The third kappa shape index (κ3) is 2.00. The summed E-state index contributed by atoms with van der Waals surface area (Å²) < 4.78 is 7.50. The van der Waals surface area contributed by atoms with E-state index < -0.39 is 0 Å². The van der Waals surface area contributed by atoms with Crippen molar-refractivity contribution in [2.75, 3.05) is 7.05 Å². The summed E-state index contributed by atoms with van der Waals surface area (Å²) in [5, 5.41) is 7.77. The van der Waals surface area contributed by atoms with E-state index in [9.17, 15) is 0 Å². The van der Waals surface area contributed by atoms with E-state index in [1.807, 2.05) is 44.9 Å². The maximum atomic E-state index is 5.68. The Kier molecular flexibility index (Phi) is 3.07. The van der Waals surface area contributed by atoms with Gasteiger partial charge in [0.15, 0.2) is 0 Å². The Morgan fingerprint density at radius 3 is 2.41 bits per heavy atom. The lowest BCUT2D eigenvalue weighted by molar-refractivity contribution is 0.494. The van der Waals surface area contributed by atoms with Crippen LogP contribution in [-0.4, -0.2) is 16.8 Å². The van der Waals surface area contributed by atoms with Gasteiger partial charge in [0.1, 0.15) is 11.5 Å². The molecule has 2 rings (SSSR count). The van der Waals surface area contributed by atoms with Gasteiger partial charge in [-0.25, -0.2) is 0 Å². The molecular weight excluding hydrogens is 214 g/mol. The molecule has 92 valence electrons. The molecule has 0 spiro atoms. The first-order valence-corrected chi connectivity index (χ1v) is 5.78. The quantitative estimate of drug-likeness (QED) is 0.884. The first-order chi connectivity index (χ1) is 8.04. The van der Waals surface area contributed by atoms with E-state index in [1.54, 1.807) is 0 Å². The van der Waals surface area contributed by atoms with E-state index in [0.29, 0.717) is 0 Å². The number of hydrogen-bond donors (Lipinski definition) is 1. The van der Waals surface area contributed by atoms with Crippen LogP contribution in [0.5, 0.6) is 0 Å². The van der Waals surface area contributed by atoms with E-state index in [2.05, 4.69) is 17.3 Å². The van der Waals surface area contributed by atoms with E-state index in [0.717, 1.165) is 17.2 Å². The van der Waals surface area contributed by atoms with Gasteiger partial charge in [-0.2, -0.15) is 5.10 Å². The topological polar surface area (TPSA) is 43.0 Å². The van der Waals surface area contributed by atoms with Crippen molar-refractivity contribution in [3.05, 3.63) is 40.6 Å². The largest absolute Gasteiger partial charge is 0.466 e. The molecule has 17 heavy (non-hydrogen) atoms. The number of aromatic nitrogens is 2. The summed E-state index contributed by atoms with van der Waals surface area (Å²) in [5.74, 6) is 1.94. The second kappa shape index (κ2) is 4.37. The van der Waals surface area contributed by atoms with Crippen molar-refractivity contribution >= 4 is 0 Å². The van der Waals surface area contributed by atoms with Crippen molar-refractivity contribution in [3.63, 3.8) is 0 Å². The second-order valence-electron chi connectivity index (χ2n) is 4.39. The normalized spacial score (nSPS) is 13.0. The Balaban J connectivity index is 2.49. The molecule has 2 aromatic heterocycles. The lowest BCUT2D eigenvalue weighted by Gasteiger charge is -2.14. The van der Waals surface area contributed by atoms with Crippen LogP contribution in [-0.2, 0) is 7.05 Å². The number of hydrogen-bond acceptors (Lipinski definition) is 3. The Morgan fingerprint density at radius 1 is 1.29 bits per heavy atom. The molecule has 2 aromatic rings. The minimum Gasteiger partial charge on any atom is -0.466 e. The van der Waals surface area contributed by atoms with Gasteiger partial charge in [-0.15, -0.1) is 0 Å². The smallest absolute Gasteiger partial charge is 0.106 e. The SMILES string of the molecule is CNC(c1ccn(C)n1)c1c(C)oc(C)c1C. The molecular formula is C13H19N3O. The summed E-state index contributed by atoms with van der Waals surface area (Å²) in [6, 6.07) is 2.12. The molecule has 1 atom stereocenters. The van der Waals surface area contributed by atoms with Gasteiger partial charge in [0, 0.05) is 18.8 Å². The minimum absolute atomic E-state index is 0.0913. The van der Waals surface area contributed by atoms with Crippen LogP contribution in [0.25, 0.3) is 0 Å². The highest BCUT2D eigenvalue weighted by Crippen LogP contribution is 2.30. The predicted octanol–water partition coefficient (Wildman–Crippen LogP) is 2.25. The Hall–Kier alpha value is -1.55. The van der Waals surface area contributed by atoms with Crippen molar-refractivity contribution in [2.45, 2.75) is 26.8 Å². The zero-order chi connectivity index (χ0) is 12.6. The van der Waals surface area contributed by atoms with Gasteiger partial charge in [-0.3, -0.25) is 4.68 Å². The van der Waals surface area contributed by atoms with Crippen LogP contribution in [0, 0.1) is 20.8 Å². The molecule has 1 unspecified atom stereocenters. The van der Waals surface area contributed by atoms with Crippen LogP contribution in [0.4, 0.5) is 0 Å². The van der Waals surface area contributed by atoms with Crippen LogP contribution < -0.4 is 5.32 Å². The first kappa shape index (κ1) is 11.9. The fourth-order valence-corrected chi connectivity index (χ4v) is 2.26. The van der Waals surface area contributed by atoms with E-state index in [4.69, 9.17) is 4.42 Å². The number of nitrogens with one attached hydrogen (secondary N) is 1. The lowest BCUT2D eigenvalue weighted by atomic mass is 10.00. The average molecular weight is 233 g/mol. The van der Waals surface area contributed by atoms with Gasteiger partial charge in [0.25, 0.3) is 0 Å². The summed E-state index contributed by atoms with van der Waals surface area (Å²) in [5.41, 5.74) is 3.42.